The van der Waals surface area contributed by atoms with Gasteiger partial charge in [-0.25, -0.2) is 4.39 Å². The highest BCUT2D eigenvalue weighted by atomic mass is 19.1. The quantitative estimate of drug-likeness (QED) is 0.520. The van der Waals surface area contributed by atoms with Crippen LogP contribution in [0, 0.1) is 27.3 Å². The maximum Gasteiger partial charge on any atom is 0.312 e. The second-order valence-corrected chi connectivity index (χ2v) is 7.64. The summed E-state index contributed by atoms with van der Waals surface area (Å²) in [6, 6.07) is 12.1. The van der Waals surface area contributed by atoms with Gasteiger partial charge in [-0.1, -0.05) is 12.1 Å². The number of nitro benzene ring substituents is 1. The van der Waals surface area contributed by atoms with Crippen molar-refractivity contribution in [1.82, 2.24) is 9.80 Å². The van der Waals surface area contributed by atoms with Crippen molar-refractivity contribution in [2.75, 3.05) is 19.7 Å². The number of amides is 1. The molecule has 0 saturated carbocycles. The molecule has 2 aromatic rings. The molecule has 1 fully saturated rings. The number of rotatable bonds is 6. The summed E-state index contributed by atoms with van der Waals surface area (Å²) in [7, 11) is 0. The van der Waals surface area contributed by atoms with Crippen LogP contribution in [0.5, 0.6) is 5.75 Å². The summed E-state index contributed by atoms with van der Waals surface area (Å²) in [6.07, 6.45) is 0. The van der Waals surface area contributed by atoms with E-state index in [0.29, 0.717) is 19.6 Å². The summed E-state index contributed by atoms with van der Waals surface area (Å²) >= 11 is 0. The lowest BCUT2D eigenvalue weighted by atomic mass is 10.1. The van der Waals surface area contributed by atoms with Gasteiger partial charge in [-0.2, -0.15) is 5.26 Å². The van der Waals surface area contributed by atoms with Crippen LogP contribution in [0.2, 0.25) is 0 Å². The summed E-state index contributed by atoms with van der Waals surface area (Å²) in [6.45, 7) is 5.40. The third kappa shape index (κ3) is 5.35. The minimum atomic E-state index is -0.639. The molecule has 0 bridgehead atoms. The van der Waals surface area contributed by atoms with E-state index in [0.717, 1.165) is 11.6 Å². The first-order valence-corrected chi connectivity index (χ1v) is 9.87. The van der Waals surface area contributed by atoms with Gasteiger partial charge in [-0.05, 0) is 43.7 Å². The first kappa shape index (κ1) is 22.2. The summed E-state index contributed by atoms with van der Waals surface area (Å²) in [5.41, 5.74) is 0.791. The molecule has 0 radical (unpaired) electrons. The summed E-state index contributed by atoms with van der Waals surface area (Å²) in [5, 5.41) is 20.1. The van der Waals surface area contributed by atoms with Crippen LogP contribution < -0.4 is 4.74 Å². The van der Waals surface area contributed by atoms with Gasteiger partial charge in [-0.15, -0.1) is 0 Å². The van der Waals surface area contributed by atoms with Gasteiger partial charge in [0.1, 0.15) is 5.82 Å². The predicted molar refractivity (Wildman–Crippen MR) is 111 cm³/mol. The van der Waals surface area contributed by atoms with Crippen LogP contribution in [0.3, 0.4) is 0 Å². The third-order valence-electron chi connectivity index (χ3n) is 5.37. The third-order valence-corrected chi connectivity index (χ3v) is 5.37. The molecule has 1 aliphatic rings. The van der Waals surface area contributed by atoms with E-state index in [-0.39, 0.29) is 47.4 Å². The van der Waals surface area contributed by atoms with Crippen LogP contribution in [0.25, 0.3) is 0 Å². The lowest BCUT2D eigenvalue weighted by Crippen LogP contribution is -2.58. The molecule has 8 nitrogen and oxygen atoms in total. The van der Waals surface area contributed by atoms with Crippen LogP contribution in [0.15, 0.2) is 42.5 Å². The molecule has 0 N–H and O–H groups in total. The van der Waals surface area contributed by atoms with Gasteiger partial charge in [0.25, 0.3) is 5.91 Å². The van der Waals surface area contributed by atoms with Crippen molar-refractivity contribution in [2.24, 2.45) is 0 Å². The molecule has 1 heterocycles. The molecule has 0 aliphatic carbocycles. The van der Waals surface area contributed by atoms with E-state index >= 15 is 0 Å². The van der Waals surface area contributed by atoms with Crippen LogP contribution in [-0.2, 0) is 11.3 Å². The van der Waals surface area contributed by atoms with Gasteiger partial charge in [-0.3, -0.25) is 19.8 Å². The fourth-order valence-electron chi connectivity index (χ4n) is 3.66. The second kappa shape index (κ2) is 9.53. The van der Waals surface area contributed by atoms with Gasteiger partial charge >= 0.3 is 5.69 Å². The Labute approximate surface area is 179 Å². The molecule has 0 spiro atoms. The number of nitriles is 1. The predicted octanol–water partition coefficient (Wildman–Crippen LogP) is 3.11. The second-order valence-electron chi connectivity index (χ2n) is 7.64. The van der Waals surface area contributed by atoms with Crippen molar-refractivity contribution in [3.63, 3.8) is 0 Å². The highest BCUT2D eigenvalue weighted by molar-refractivity contribution is 5.78. The van der Waals surface area contributed by atoms with E-state index in [1.165, 1.54) is 24.3 Å². The molecule has 1 amide bonds. The Balaban J connectivity index is 1.61. The van der Waals surface area contributed by atoms with E-state index in [1.807, 2.05) is 19.9 Å². The average Bonchev–Trinajstić information content (AvgIpc) is 2.75. The number of nitro groups is 1. The molecular weight excluding hydrogens is 403 g/mol. The summed E-state index contributed by atoms with van der Waals surface area (Å²) < 4.78 is 18.6. The lowest BCUT2D eigenvalue weighted by Gasteiger charge is -2.44. The van der Waals surface area contributed by atoms with E-state index in [9.17, 15) is 19.3 Å². The maximum atomic E-state index is 13.1. The minimum absolute atomic E-state index is 0.0482. The Hall–Kier alpha value is -3.51. The Morgan fingerprint density at radius 1 is 1.23 bits per heavy atom. The fraction of sp³-hybridized carbons (Fsp3) is 0.364. The Bertz CT molecular complexity index is 1010. The molecule has 0 aromatic heterocycles. The number of hydrogen-bond donors (Lipinski definition) is 0. The van der Waals surface area contributed by atoms with Crippen LogP contribution in [-0.4, -0.2) is 52.4 Å². The number of carbonyl (C=O) groups excluding carboxylic acids is 1. The lowest BCUT2D eigenvalue weighted by molar-refractivity contribution is -0.385. The number of nitrogens with zero attached hydrogens (tertiary/aromatic N) is 4. The first-order chi connectivity index (χ1) is 14.8. The van der Waals surface area contributed by atoms with Gasteiger partial charge in [0.05, 0.1) is 16.6 Å². The highest BCUT2D eigenvalue weighted by Gasteiger charge is 2.32. The topological polar surface area (TPSA) is 99.7 Å². The SMILES string of the molecule is C[C@@H]1CN(C(=O)COc2ccc(C#N)cc2[N+](=O)[O-])[C@@H](C)CN1Cc1ccc(F)cc1. The zero-order valence-electron chi connectivity index (χ0n) is 17.3. The van der Waals surface area contributed by atoms with Crippen molar-refractivity contribution in [3.8, 4) is 11.8 Å². The van der Waals surface area contributed by atoms with E-state index in [4.69, 9.17) is 10.00 Å². The minimum Gasteiger partial charge on any atom is -0.477 e. The maximum absolute atomic E-state index is 13.1. The smallest absolute Gasteiger partial charge is 0.312 e. The van der Waals surface area contributed by atoms with E-state index in [1.54, 1.807) is 17.0 Å². The van der Waals surface area contributed by atoms with Crippen LogP contribution >= 0.6 is 0 Å². The number of hydrogen-bond acceptors (Lipinski definition) is 6. The van der Waals surface area contributed by atoms with Crippen molar-refractivity contribution in [1.29, 1.82) is 5.26 Å². The van der Waals surface area contributed by atoms with Crippen molar-refractivity contribution >= 4 is 11.6 Å². The standard InChI is InChI=1S/C22H23FN4O4/c1-15-12-26(16(2)11-25(15)13-17-3-6-19(23)7-4-17)22(28)14-31-21-8-5-18(10-24)9-20(21)27(29)30/h3-9,15-16H,11-14H2,1-2H3/t15-,16+/m1/s1. The van der Waals surface area contributed by atoms with E-state index in [2.05, 4.69) is 4.90 Å². The van der Waals surface area contributed by atoms with Gasteiger partial charge in [0.15, 0.2) is 12.4 Å². The number of benzene rings is 2. The molecule has 9 heteroatoms. The largest absolute Gasteiger partial charge is 0.477 e. The van der Waals surface area contributed by atoms with E-state index < -0.39 is 4.92 Å². The van der Waals surface area contributed by atoms with Gasteiger partial charge in [0.2, 0.25) is 0 Å². The molecule has 3 rings (SSSR count). The molecule has 1 saturated heterocycles. The highest BCUT2D eigenvalue weighted by Crippen LogP contribution is 2.28. The number of carbonyl (C=O) groups is 1. The number of piperazine rings is 1. The Morgan fingerprint density at radius 3 is 2.58 bits per heavy atom. The van der Waals surface area contributed by atoms with Crippen LogP contribution in [0.1, 0.15) is 25.0 Å². The molecule has 31 heavy (non-hydrogen) atoms. The molecule has 0 unspecified atom stereocenters. The van der Waals surface area contributed by atoms with Gasteiger partial charge < -0.3 is 9.64 Å². The Morgan fingerprint density at radius 2 is 1.94 bits per heavy atom. The van der Waals surface area contributed by atoms with Crippen molar-refractivity contribution in [2.45, 2.75) is 32.5 Å². The fourth-order valence-corrected chi connectivity index (χ4v) is 3.66. The molecule has 2 atom stereocenters. The normalized spacial score (nSPS) is 19.0. The zero-order valence-corrected chi connectivity index (χ0v) is 17.3. The first-order valence-electron chi connectivity index (χ1n) is 9.87. The zero-order chi connectivity index (χ0) is 22.5. The van der Waals surface area contributed by atoms with Crippen LogP contribution in [0.4, 0.5) is 10.1 Å². The van der Waals surface area contributed by atoms with Crippen molar-refractivity contribution < 1.29 is 18.8 Å². The average molecular weight is 426 g/mol. The molecular formula is C22H23FN4O4. The molecule has 162 valence electrons. The monoisotopic (exact) mass is 426 g/mol. The molecule has 1 aliphatic heterocycles. The number of halogens is 1. The Kier molecular flexibility index (Phi) is 6.82. The summed E-state index contributed by atoms with van der Waals surface area (Å²) in [4.78, 5) is 27.3. The molecule has 2 aromatic carbocycles. The van der Waals surface area contributed by atoms with Crippen molar-refractivity contribution in [3.05, 3.63) is 69.5 Å². The van der Waals surface area contributed by atoms with Gasteiger partial charge in [0, 0.05) is 37.8 Å². The summed E-state index contributed by atoms with van der Waals surface area (Å²) in [5.74, 6) is -0.587. The number of ether oxygens (including phenoxy) is 1.